The molecule has 6 heteroatoms. The maximum absolute atomic E-state index is 13.2. The standard InChI is InChI=1S/C28H28INO3S/c1-33-24-7-4-22(28-13-18-8-19(14-28)10-20(9-18)15-28)11-21(24)12-25-26(31)30(27(32)34-25)16-17-2-5-23(29)6-3-17/h2-7,11-12,18-20H,8-10,13-16H2,1H3/b25-12-. The highest BCUT2D eigenvalue weighted by atomic mass is 127. The van der Waals surface area contributed by atoms with Crippen molar-refractivity contribution in [2.24, 2.45) is 17.8 Å². The third kappa shape index (κ3) is 4.00. The predicted octanol–water partition coefficient (Wildman–Crippen LogP) is 7.00. The van der Waals surface area contributed by atoms with Crippen molar-refractivity contribution in [1.29, 1.82) is 0 Å². The third-order valence-electron chi connectivity index (χ3n) is 8.29. The van der Waals surface area contributed by atoms with Crippen LogP contribution in [-0.2, 0) is 16.8 Å². The lowest BCUT2D eigenvalue weighted by Crippen LogP contribution is -2.48. The van der Waals surface area contributed by atoms with E-state index in [0.29, 0.717) is 11.4 Å². The quantitative estimate of drug-likeness (QED) is 0.280. The number of rotatable bonds is 5. The van der Waals surface area contributed by atoms with Crippen LogP contribution < -0.4 is 4.74 Å². The zero-order chi connectivity index (χ0) is 23.4. The van der Waals surface area contributed by atoms with Crippen molar-refractivity contribution in [3.8, 4) is 5.75 Å². The summed E-state index contributed by atoms with van der Waals surface area (Å²) in [5.41, 5.74) is 3.51. The van der Waals surface area contributed by atoms with Gasteiger partial charge in [0.05, 0.1) is 18.6 Å². The van der Waals surface area contributed by atoms with Crippen LogP contribution in [0.3, 0.4) is 0 Å². The summed E-state index contributed by atoms with van der Waals surface area (Å²) in [6, 6.07) is 14.4. The van der Waals surface area contributed by atoms with E-state index in [1.54, 1.807) is 7.11 Å². The number of hydrogen-bond donors (Lipinski definition) is 0. The molecule has 1 aliphatic heterocycles. The zero-order valence-electron chi connectivity index (χ0n) is 19.3. The van der Waals surface area contributed by atoms with E-state index in [1.165, 1.54) is 49.0 Å². The van der Waals surface area contributed by atoms with Crippen LogP contribution in [-0.4, -0.2) is 23.2 Å². The molecule has 4 bridgehead atoms. The van der Waals surface area contributed by atoms with Gasteiger partial charge in [0, 0.05) is 9.13 Å². The van der Waals surface area contributed by atoms with Crippen molar-refractivity contribution < 1.29 is 14.3 Å². The molecule has 4 saturated carbocycles. The van der Waals surface area contributed by atoms with Gasteiger partial charge in [-0.25, -0.2) is 0 Å². The summed E-state index contributed by atoms with van der Waals surface area (Å²) in [7, 11) is 1.67. The number of benzene rings is 2. The van der Waals surface area contributed by atoms with Gasteiger partial charge in [0.15, 0.2) is 0 Å². The van der Waals surface area contributed by atoms with Gasteiger partial charge < -0.3 is 4.74 Å². The summed E-state index contributed by atoms with van der Waals surface area (Å²) in [4.78, 5) is 27.7. The number of carbonyl (C=O) groups excluding carboxylic acids is 2. The average molecular weight is 586 g/mol. The highest BCUT2D eigenvalue weighted by Crippen LogP contribution is 2.61. The van der Waals surface area contributed by atoms with Crippen LogP contribution in [0.5, 0.6) is 5.75 Å². The van der Waals surface area contributed by atoms with Crippen LogP contribution in [0.2, 0.25) is 0 Å². The number of methoxy groups -OCH3 is 1. The molecule has 0 aromatic heterocycles. The minimum Gasteiger partial charge on any atom is -0.496 e. The average Bonchev–Trinajstić information content (AvgIpc) is 3.07. The Balaban J connectivity index is 1.30. The van der Waals surface area contributed by atoms with Crippen LogP contribution in [0.1, 0.15) is 55.2 Å². The van der Waals surface area contributed by atoms with Gasteiger partial charge in [0.25, 0.3) is 11.1 Å². The lowest BCUT2D eigenvalue weighted by Gasteiger charge is -2.57. The molecule has 7 rings (SSSR count). The van der Waals surface area contributed by atoms with Crippen LogP contribution in [0.25, 0.3) is 6.08 Å². The van der Waals surface area contributed by atoms with Gasteiger partial charge in [-0.3, -0.25) is 14.5 Å². The molecule has 2 amide bonds. The maximum atomic E-state index is 13.2. The second-order valence-electron chi connectivity index (χ2n) is 10.5. The first-order valence-corrected chi connectivity index (χ1v) is 14.0. The molecule has 0 unspecified atom stereocenters. The van der Waals surface area contributed by atoms with Crippen molar-refractivity contribution in [2.75, 3.05) is 7.11 Å². The lowest BCUT2D eigenvalue weighted by atomic mass is 9.48. The van der Waals surface area contributed by atoms with E-state index < -0.39 is 0 Å². The second kappa shape index (κ2) is 8.70. The summed E-state index contributed by atoms with van der Waals surface area (Å²) < 4.78 is 6.79. The van der Waals surface area contributed by atoms with Gasteiger partial charge in [-0.1, -0.05) is 18.2 Å². The number of thioether (sulfide) groups is 1. The molecule has 4 nitrogen and oxygen atoms in total. The third-order valence-corrected chi connectivity index (χ3v) is 9.92. The fourth-order valence-corrected chi connectivity index (χ4v) is 8.38. The molecule has 0 radical (unpaired) electrons. The second-order valence-corrected chi connectivity index (χ2v) is 12.8. The van der Waals surface area contributed by atoms with Gasteiger partial charge >= 0.3 is 0 Å². The smallest absolute Gasteiger partial charge is 0.293 e. The first-order chi connectivity index (χ1) is 16.4. The molecule has 0 spiro atoms. The van der Waals surface area contributed by atoms with Crippen molar-refractivity contribution in [1.82, 2.24) is 4.90 Å². The SMILES string of the molecule is COc1ccc(C23CC4CC(CC(C4)C2)C3)cc1/C=C1\SC(=O)N(Cc2ccc(I)cc2)C1=O. The van der Waals surface area contributed by atoms with Crippen LogP contribution in [0.4, 0.5) is 4.79 Å². The Morgan fingerprint density at radius 3 is 2.29 bits per heavy atom. The Morgan fingerprint density at radius 2 is 1.68 bits per heavy atom. The van der Waals surface area contributed by atoms with Gasteiger partial charge in [-0.15, -0.1) is 0 Å². The number of carbonyl (C=O) groups is 2. The Hall–Kier alpha value is -1.80. The zero-order valence-corrected chi connectivity index (χ0v) is 22.2. The molecule has 176 valence electrons. The molecular weight excluding hydrogens is 557 g/mol. The Kier molecular flexibility index (Phi) is 5.79. The van der Waals surface area contributed by atoms with Gasteiger partial charge in [-0.2, -0.15) is 0 Å². The summed E-state index contributed by atoms with van der Waals surface area (Å²) in [5.74, 6) is 3.13. The fourth-order valence-electron chi connectivity index (χ4n) is 7.19. The summed E-state index contributed by atoms with van der Waals surface area (Å²) >= 11 is 3.27. The van der Waals surface area contributed by atoms with E-state index in [2.05, 4.69) is 40.8 Å². The number of nitrogens with zero attached hydrogens (tertiary/aromatic N) is 1. The van der Waals surface area contributed by atoms with Crippen molar-refractivity contribution in [3.05, 3.63) is 67.6 Å². The van der Waals surface area contributed by atoms with Gasteiger partial charge in [-0.05, 0) is 138 Å². The lowest BCUT2D eigenvalue weighted by molar-refractivity contribution is -0.123. The molecule has 2 aromatic rings. The monoisotopic (exact) mass is 585 g/mol. The van der Waals surface area contributed by atoms with E-state index in [4.69, 9.17) is 4.74 Å². The molecule has 5 fully saturated rings. The largest absolute Gasteiger partial charge is 0.496 e. The van der Waals surface area contributed by atoms with Gasteiger partial charge in [0.2, 0.25) is 0 Å². The highest BCUT2D eigenvalue weighted by molar-refractivity contribution is 14.1. The van der Waals surface area contributed by atoms with Crippen molar-refractivity contribution in [2.45, 2.75) is 50.5 Å². The van der Waals surface area contributed by atoms with Crippen LogP contribution in [0.15, 0.2) is 47.4 Å². The molecule has 5 aliphatic rings. The summed E-state index contributed by atoms with van der Waals surface area (Å²) in [6.45, 7) is 0.295. The number of amides is 2. The van der Waals surface area contributed by atoms with E-state index in [0.717, 1.165) is 50.0 Å². The number of ether oxygens (including phenoxy) is 1. The van der Waals surface area contributed by atoms with Crippen molar-refractivity contribution >= 4 is 51.6 Å². The molecule has 0 atom stereocenters. The summed E-state index contributed by atoms with van der Waals surface area (Å²) in [5, 5.41) is -0.217. The fraction of sp³-hybridized carbons (Fsp3) is 0.429. The minimum absolute atomic E-state index is 0.217. The molecule has 0 N–H and O–H groups in total. The number of hydrogen-bond acceptors (Lipinski definition) is 4. The Bertz CT molecular complexity index is 1150. The van der Waals surface area contributed by atoms with Gasteiger partial charge in [0.1, 0.15) is 5.75 Å². The van der Waals surface area contributed by atoms with E-state index in [-0.39, 0.29) is 16.6 Å². The first-order valence-electron chi connectivity index (χ1n) is 12.1. The predicted molar refractivity (Wildman–Crippen MR) is 144 cm³/mol. The molecule has 4 aliphatic carbocycles. The molecule has 1 saturated heterocycles. The van der Waals surface area contributed by atoms with Crippen molar-refractivity contribution in [3.63, 3.8) is 0 Å². The molecular formula is C28H28INO3S. The number of imide groups is 1. The van der Waals surface area contributed by atoms with Crippen LogP contribution in [0, 0.1) is 21.3 Å². The Labute approximate surface area is 218 Å². The molecule has 1 heterocycles. The highest BCUT2D eigenvalue weighted by Gasteiger charge is 2.51. The molecule has 34 heavy (non-hydrogen) atoms. The van der Waals surface area contributed by atoms with E-state index in [1.807, 2.05) is 30.3 Å². The first kappa shape index (κ1) is 22.7. The van der Waals surface area contributed by atoms with E-state index >= 15 is 0 Å². The topological polar surface area (TPSA) is 46.6 Å². The minimum atomic E-state index is -0.226. The summed E-state index contributed by atoms with van der Waals surface area (Å²) in [6.07, 6.45) is 9.97. The maximum Gasteiger partial charge on any atom is 0.293 e. The Morgan fingerprint density at radius 1 is 1.03 bits per heavy atom. The normalized spacial score (nSPS) is 31.1. The number of halogens is 1. The van der Waals surface area contributed by atoms with Crippen LogP contribution >= 0.6 is 34.4 Å². The van der Waals surface area contributed by atoms with E-state index in [9.17, 15) is 9.59 Å². The molecule has 2 aromatic carbocycles.